The number of nitrogens with one attached hydrogen (secondary N) is 2. The smallest absolute Gasteiger partial charge is 0.258 e. The topological polar surface area (TPSA) is 63.1 Å². The molecule has 0 saturated carbocycles. The van der Waals surface area contributed by atoms with Gasteiger partial charge in [0.2, 0.25) is 5.91 Å². The van der Waals surface area contributed by atoms with Crippen molar-refractivity contribution < 1.29 is 14.0 Å². The number of carbonyl (C=O) groups is 2. The maximum atomic E-state index is 13.9. The molecule has 3 rings (SSSR count). The lowest BCUT2D eigenvalue weighted by molar-refractivity contribution is -0.121. The van der Waals surface area contributed by atoms with Crippen molar-refractivity contribution in [1.82, 2.24) is 9.88 Å². The summed E-state index contributed by atoms with van der Waals surface area (Å²) in [5.41, 5.74) is 2.16. The number of aromatic nitrogens is 1. The van der Waals surface area contributed by atoms with Gasteiger partial charge in [-0.1, -0.05) is 17.7 Å². The second-order valence-electron chi connectivity index (χ2n) is 5.83. The number of anilines is 1. The van der Waals surface area contributed by atoms with Crippen molar-refractivity contribution in [2.45, 2.75) is 13.5 Å². The van der Waals surface area contributed by atoms with E-state index in [0.717, 1.165) is 16.5 Å². The predicted octanol–water partition coefficient (Wildman–Crippen LogP) is 3.09. The molecule has 25 heavy (non-hydrogen) atoms. The van der Waals surface area contributed by atoms with E-state index in [1.165, 1.54) is 12.1 Å². The Balaban J connectivity index is 1.88. The Morgan fingerprint density at radius 3 is 2.68 bits per heavy atom. The van der Waals surface area contributed by atoms with Crippen LogP contribution in [0.5, 0.6) is 0 Å². The minimum atomic E-state index is -0.563. The molecule has 1 aromatic heterocycles. The summed E-state index contributed by atoms with van der Waals surface area (Å²) in [6.45, 7) is 1.98. The van der Waals surface area contributed by atoms with Crippen molar-refractivity contribution in [2.75, 3.05) is 12.4 Å². The average molecular weight is 339 g/mol. The first kappa shape index (κ1) is 16.7. The lowest BCUT2D eigenvalue weighted by atomic mass is 10.1. The van der Waals surface area contributed by atoms with Crippen molar-refractivity contribution in [2.24, 2.45) is 0 Å². The molecule has 2 N–H and O–H groups in total. The van der Waals surface area contributed by atoms with Crippen LogP contribution in [0.15, 0.2) is 48.7 Å². The molecule has 0 saturated heterocycles. The zero-order valence-electron chi connectivity index (χ0n) is 14.0. The van der Waals surface area contributed by atoms with Gasteiger partial charge in [-0.15, -0.1) is 0 Å². The highest BCUT2D eigenvalue weighted by Crippen LogP contribution is 2.21. The van der Waals surface area contributed by atoms with Crippen LogP contribution in [0.3, 0.4) is 0 Å². The molecule has 0 unspecified atom stereocenters. The van der Waals surface area contributed by atoms with Crippen LogP contribution in [-0.2, 0) is 11.3 Å². The Morgan fingerprint density at radius 2 is 1.92 bits per heavy atom. The number of rotatable bonds is 4. The number of amides is 2. The van der Waals surface area contributed by atoms with Gasteiger partial charge in [-0.25, -0.2) is 4.39 Å². The molecule has 3 aromatic rings. The van der Waals surface area contributed by atoms with Crippen LogP contribution < -0.4 is 10.6 Å². The molecule has 0 aliphatic rings. The van der Waals surface area contributed by atoms with E-state index < -0.39 is 11.7 Å². The Bertz CT molecular complexity index is 962. The summed E-state index contributed by atoms with van der Waals surface area (Å²) in [5, 5.41) is 6.23. The first-order valence-electron chi connectivity index (χ1n) is 7.85. The molecule has 0 bridgehead atoms. The number of fused-ring (bicyclic) bond motifs is 1. The minimum Gasteiger partial charge on any atom is -0.358 e. The van der Waals surface area contributed by atoms with E-state index in [1.807, 2.05) is 18.3 Å². The largest absolute Gasteiger partial charge is 0.358 e. The Hall–Kier alpha value is -3.15. The van der Waals surface area contributed by atoms with Gasteiger partial charge >= 0.3 is 0 Å². The summed E-state index contributed by atoms with van der Waals surface area (Å²) in [6.07, 6.45) is 1.81. The fraction of sp³-hybridized carbons (Fsp3) is 0.158. The predicted molar refractivity (Wildman–Crippen MR) is 95.1 cm³/mol. The Morgan fingerprint density at radius 1 is 1.12 bits per heavy atom. The minimum absolute atomic E-state index is 0.000778. The number of carbonyl (C=O) groups excluding carboxylic acids is 2. The van der Waals surface area contributed by atoms with Gasteiger partial charge < -0.3 is 15.2 Å². The monoisotopic (exact) mass is 339 g/mol. The Labute approximate surface area is 144 Å². The van der Waals surface area contributed by atoms with Gasteiger partial charge in [0.1, 0.15) is 12.4 Å². The van der Waals surface area contributed by atoms with Crippen LogP contribution in [0.1, 0.15) is 15.9 Å². The lowest BCUT2D eigenvalue weighted by Crippen LogP contribution is -2.23. The van der Waals surface area contributed by atoms with Crippen LogP contribution in [-0.4, -0.2) is 23.4 Å². The second kappa shape index (κ2) is 6.76. The third-order valence-corrected chi connectivity index (χ3v) is 3.99. The second-order valence-corrected chi connectivity index (χ2v) is 5.83. The van der Waals surface area contributed by atoms with Gasteiger partial charge in [-0.2, -0.15) is 0 Å². The third-order valence-electron chi connectivity index (χ3n) is 3.99. The van der Waals surface area contributed by atoms with Gasteiger partial charge in [-0.3, -0.25) is 9.59 Å². The fourth-order valence-corrected chi connectivity index (χ4v) is 2.64. The molecule has 2 aromatic carbocycles. The number of benzene rings is 2. The van der Waals surface area contributed by atoms with Gasteiger partial charge in [0.15, 0.2) is 0 Å². The highest BCUT2D eigenvalue weighted by atomic mass is 19.1. The summed E-state index contributed by atoms with van der Waals surface area (Å²) in [4.78, 5) is 23.9. The van der Waals surface area contributed by atoms with Crippen LogP contribution in [0, 0.1) is 12.7 Å². The zero-order valence-corrected chi connectivity index (χ0v) is 14.0. The van der Waals surface area contributed by atoms with E-state index in [2.05, 4.69) is 10.6 Å². The summed E-state index contributed by atoms with van der Waals surface area (Å²) in [7, 11) is 1.58. The Kier molecular flexibility index (Phi) is 4.52. The average Bonchev–Trinajstić information content (AvgIpc) is 2.99. The number of aryl methyl sites for hydroxylation is 1. The van der Waals surface area contributed by atoms with Crippen LogP contribution in [0.25, 0.3) is 10.9 Å². The molecular formula is C19H18FN3O2. The molecule has 0 fully saturated rings. The van der Waals surface area contributed by atoms with E-state index in [1.54, 1.807) is 36.7 Å². The number of likely N-dealkylation sites (N-methyl/N-ethyl adjacent to an activating group) is 1. The van der Waals surface area contributed by atoms with Crippen molar-refractivity contribution >= 4 is 28.4 Å². The fourth-order valence-electron chi connectivity index (χ4n) is 2.64. The molecule has 5 nitrogen and oxygen atoms in total. The lowest BCUT2D eigenvalue weighted by Gasteiger charge is -2.09. The van der Waals surface area contributed by atoms with E-state index in [-0.39, 0.29) is 18.0 Å². The number of hydrogen-bond donors (Lipinski definition) is 2. The van der Waals surface area contributed by atoms with Crippen LogP contribution in [0.4, 0.5) is 10.1 Å². The van der Waals surface area contributed by atoms with Crippen molar-refractivity contribution in [3.63, 3.8) is 0 Å². The molecular weight excluding hydrogens is 321 g/mol. The third kappa shape index (κ3) is 3.52. The number of halogens is 1. The van der Waals surface area contributed by atoms with E-state index in [4.69, 9.17) is 0 Å². The zero-order chi connectivity index (χ0) is 18.0. The van der Waals surface area contributed by atoms with Gasteiger partial charge in [0.05, 0.1) is 11.1 Å². The molecule has 1 heterocycles. The van der Waals surface area contributed by atoms with E-state index in [0.29, 0.717) is 5.69 Å². The quantitative estimate of drug-likeness (QED) is 0.767. The molecule has 0 aliphatic heterocycles. The maximum absolute atomic E-state index is 13.9. The van der Waals surface area contributed by atoms with Crippen LogP contribution in [0.2, 0.25) is 0 Å². The van der Waals surface area contributed by atoms with Gasteiger partial charge in [0, 0.05) is 18.9 Å². The van der Waals surface area contributed by atoms with Gasteiger partial charge in [0.25, 0.3) is 5.91 Å². The standard InChI is InChI=1S/C19H18FN3O2/c1-12-3-6-16(20)15(9-12)19(25)22-14-5-4-13-7-8-23(17(13)10-14)11-18(24)21-2/h3-10H,11H2,1-2H3,(H,21,24)(H,22,25). The van der Waals surface area contributed by atoms with Crippen LogP contribution >= 0.6 is 0 Å². The first-order valence-corrected chi connectivity index (χ1v) is 7.85. The molecule has 0 aliphatic carbocycles. The molecule has 0 radical (unpaired) electrons. The molecule has 0 spiro atoms. The van der Waals surface area contributed by atoms with E-state index >= 15 is 0 Å². The van der Waals surface area contributed by atoms with Crippen molar-refractivity contribution in [1.29, 1.82) is 0 Å². The van der Waals surface area contributed by atoms with Gasteiger partial charge in [-0.05, 0) is 42.6 Å². The highest BCUT2D eigenvalue weighted by Gasteiger charge is 2.13. The number of hydrogen-bond acceptors (Lipinski definition) is 2. The molecule has 6 heteroatoms. The summed E-state index contributed by atoms with van der Waals surface area (Å²) >= 11 is 0. The summed E-state index contributed by atoms with van der Waals surface area (Å²) < 4.78 is 15.7. The highest BCUT2D eigenvalue weighted by molar-refractivity contribution is 6.05. The summed E-state index contributed by atoms with van der Waals surface area (Å²) in [6, 6.07) is 11.7. The van der Waals surface area contributed by atoms with Crippen molar-refractivity contribution in [3.8, 4) is 0 Å². The first-order chi connectivity index (χ1) is 12.0. The molecule has 128 valence electrons. The SMILES string of the molecule is CNC(=O)Cn1ccc2ccc(NC(=O)c3cc(C)ccc3F)cc21. The maximum Gasteiger partial charge on any atom is 0.258 e. The number of nitrogens with zero attached hydrogens (tertiary/aromatic N) is 1. The molecule has 2 amide bonds. The normalized spacial score (nSPS) is 10.7. The molecule has 0 atom stereocenters. The summed E-state index contributed by atoms with van der Waals surface area (Å²) in [5.74, 6) is -1.19. The van der Waals surface area contributed by atoms with E-state index in [9.17, 15) is 14.0 Å². The van der Waals surface area contributed by atoms with Crippen molar-refractivity contribution in [3.05, 3.63) is 65.6 Å².